The van der Waals surface area contributed by atoms with Crippen molar-refractivity contribution in [3.05, 3.63) is 34.7 Å². The average molecular weight is 207 g/mol. The molecule has 0 radical (unpaired) electrons. The van der Waals surface area contributed by atoms with Gasteiger partial charge in [-0.1, -0.05) is 0 Å². The maximum Gasteiger partial charge on any atom is 0.522 e. The minimum Gasteiger partial charge on any atom is -0.352 e. The molecule has 0 aliphatic carbocycles. The summed E-state index contributed by atoms with van der Waals surface area (Å²) in [5.74, 6) is 0. The van der Waals surface area contributed by atoms with Crippen molar-refractivity contribution >= 4 is 0 Å². The van der Waals surface area contributed by atoms with Crippen LogP contribution in [0.1, 0.15) is 0 Å². The number of nitrogens with zero attached hydrogens (tertiary/aromatic N) is 1. The number of hydrogen-bond donors (Lipinski definition) is 0. The Hall–Kier alpha value is -1.30. The van der Waals surface area contributed by atoms with Gasteiger partial charge in [-0.05, 0) is 0 Å². The lowest BCUT2D eigenvalue weighted by molar-refractivity contribution is -0.325. The Labute approximate surface area is 77.7 Å². The molecule has 0 spiro atoms. The van der Waals surface area contributed by atoms with Gasteiger partial charge in [0.15, 0.2) is 5.43 Å². The topological polar surface area (TPSA) is 31.2 Å². The number of aromatic nitrogens is 1. The van der Waals surface area contributed by atoms with E-state index >= 15 is 0 Å². The first-order valence-corrected chi connectivity index (χ1v) is 3.84. The number of pyridine rings is 1. The van der Waals surface area contributed by atoms with Crippen LogP contribution in [0.5, 0.6) is 0 Å². The second-order valence-corrected chi connectivity index (χ2v) is 2.57. The Morgan fingerprint density at radius 1 is 1.29 bits per heavy atom. The first-order chi connectivity index (χ1) is 6.47. The highest BCUT2D eigenvalue weighted by Gasteiger charge is 2.28. The third-order valence-electron chi connectivity index (χ3n) is 1.48. The van der Waals surface area contributed by atoms with Crippen molar-refractivity contribution in [1.82, 2.24) is 4.57 Å². The molecule has 0 N–H and O–H groups in total. The molecule has 6 heteroatoms. The number of hydrogen-bond acceptors (Lipinski definition) is 2. The van der Waals surface area contributed by atoms with Crippen LogP contribution in [0.2, 0.25) is 0 Å². The second-order valence-electron chi connectivity index (χ2n) is 2.57. The molecule has 1 heterocycles. The molecule has 1 aromatic rings. The summed E-state index contributed by atoms with van der Waals surface area (Å²) in [5, 5.41) is 0. The third kappa shape index (κ3) is 4.08. The molecule has 0 saturated heterocycles. The first-order valence-electron chi connectivity index (χ1n) is 3.84. The molecule has 0 aliphatic rings. The van der Waals surface area contributed by atoms with Gasteiger partial charge in [0.1, 0.15) is 0 Å². The standard InChI is InChI=1S/C8H8F3NO2/c9-8(10,11)14-6-5-12-3-1-7(13)2-4-12/h1-4H,5-6H2. The minimum absolute atomic E-state index is 0.0553. The Kier molecular flexibility index (Phi) is 3.29. The molecular formula is C8H8F3NO2. The van der Waals surface area contributed by atoms with Crippen LogP contribution in [-0.4, -0.2) is 17.5 Å². The number of rotatable bonds is 3. The van der Waals surface area contributed by atoms with E-state index in [-0.39, 0.29) is 12.0 Å². The maximum atomic E-state index is 11.5. The van der Waals surface area contributed by atoms with E-state index in [1.54, 1.807) is 0 Å². The summed E-state index contributed by atoms with van der Waals surface area (Å²) in [6.07, 6.45) is -1.79. The fourth-order valence-corrected chi connectivity index (χ4v) is 0.859. The molecule has 1 rings (SSSR count). The molecular weight excluding hydrogens is 199 g/mol. The van der Waals surface area contributed by atoms with Gasteiger partial charge in [0.05, 0.1) is 6.61 Å². The predicted molar refractivity (Wildman–Crippen MR) is 42.7 cm³/mol. The van der Waals surface area contributed by atoms with E-state index in [1.807, 2.05) is 0 Å². The van der Waals surface area contributed by atoms with Gasteiger partial charge in [0, 0.05) is 31.1 Å². The van der Waals surface area contributed by atoms with Crippen molar-refractivity contribution in [2.75, 3.05) is 6.61 Å². The Morgan fingerprint density at radius 2 is 1.86 bits per heavy atom. The Morgan fingerprint density at radius 3 is 2.36 bits per heavy atom. The van der Waals surface area contributed by atoms with Crippen LogP contribution >= 0.6 is 0 Å². The van der Waals surface area contributed by atoms with Crippen LogP contribution in [0.15, 0.2) is 29.3 Å². The van der Waals surface area contributed by atoms with E-state index in [4.69, 9.17) is 0 Å². The molecule has 0 atom stereocenters. The Balaban J connectivity index is 2.39. The largest absolute Gasteiger partial charge is 0.522 e. The predicted octanol–water partition coefficient (Wildman–Crippen LogP) is 1.38. The highest BCUT2D eigenvalue weighted by Crippen LogP contribution is 2.15. The lowest BCUT2D eigenvalue weighted by Gasteiger charge is -2.08. The van der Waals surface area contributed by atoms with Gasteiger partial charge < -0.3 is 4.57 Å². The molecule has 0 aromatic carbocycles. The molecule has 1 aromatic heterocycles. The summed E-state index contributed by atoms with van der Waals surface area (Å²) in [4.78, 5) is 10.6. The van der Waals surface area contributed by atoms with Gasteiger partial charge in [-0.2, -0.15) is 0 Å². The molecule has 0 aliphatic heterocycles. The van der Waals surface area contributed by atoms with Crippen molar-refractivity contribution in [3.8, 4) is 0 Å². The second kappa shape index (κ2) is 4.28. The summed E-state index contributed by atoms with van der Waals surface area (Å²) >= 11 is 0. The van der Waals surface area contributed by atoms with E-state index < -0.39 is 13.0 Å². The molecule has 0 fully saturated rings. The van der Waals surface area contributed by atoms with Gasteiger partial charge in [0.25, 0.3) is 0 Å². The van der Waals surface area contributed by atoms with Crippen LogP contribution in [0.25, 0.3) is 0 Å². The summed E-state index contributed by atoms with van der Waals surface area (Å²) < 4.78 is 39.6. The van der Waals surface area contributed by atoms with E-state index in [0.29, 0.717) is 0 Å². The van der Waals surface area contributed by atoms with Gasteiger partial charge in [-0.15, -0.1) is 13.2 Å². The number of halogens is 3. The lowest BCUT2D eigenvalue weighted by Crippen LogP contribution is -2.17. The molecule has 0 unspecified atom stereocenters. The van der Waals surface area contributed by atoms with Crippen molar-refractivity contribution < 1.29 is 17.9 Å². The molecule has 0 amide bonds. The smallest absolute Gasteiger partial charge is 0.352 e. The van der Waals surface area contributed by atoms with Gasteiger partial charge in [0.2, 0.25) is 0 Å². The van der Waals surface area contributed by atoms with Crippen molar-refractivity contribution in [1.29, 1.82) is 0 Å². The van der Waals surface area contributed by atoms with Crippen LogP contribution in [0.4, 0.5) is 13.2 Å². The van der Waals surface area contributed by atoms with Crippen LogP contribution in [-0.2, 0) is 11.3 Å². The molecule has 78 valence electrons. The van der Waals surface area contributed by atoms with Crippen molar-refractivity contribution in [2.45, 2.75) is 12.9 Å². The average Bonchev–Trinajstić information content (AvgIpc) is 2.06. The van der Waals surface area contributed by atoms with Crippen LogP contribution in [0.3, 0.4) is 0 Å². The lowest BCUT2D eigenvalue weighted by atomic mass is 10.4. The fourth-order valence-electron chi connectivity index (χ4n) is 0.859. The third-order valence-corrected chi connectivity index (χ3v) is 1.48. The maximum absolute atomic E-state index is 11.5. The molecule has 0 bridgehead atoms. The molecule has 0 saturated carbocycles. The normalized spacial score (nSPS) is 11.6. The summed E-state index contributed by atoms with van der Waals surface area (Å²) in [6, 6.07) is 2.54. The highest BCUT2D eigenvalue weighted by atomic mass is 19.4. The highest BCUT2D eigenvalue weighted by molar-refractivity contribution is 4.93. The monoisotopic (exact) mass is 207 g/mol. The zero-order valence-electron chi connectivity index (χ0n) is 7.12. The molecule has 3 nitrogen and oxygen atoms in total. The van der Waals surface area contributed by atoms with Crippen molar-refractivity contribution in [3.63, 3.8) is 0 Å². The number of ether oxygens (including phenoxy) is 1. The summed E-state index contributed by atoms with van der Waals surface area (Å²) in [7, 11) is 0. The van der Waals surface area contributed by atoms with Crippen LogP contribution in [0, 0.1) is 0 Å². The fraction of sp³-hybridized carbons (Fsp3) is 0.375. The van der Waals surface area contributed by atoms with E-state index in [9.17, 15) is 18.0 Å². The quantitative estimate of drug-likeness (QED) is 0.749. The zero-order chi connectivity index (χ0) is 10.6. The van der Waals surface area contributed by atoms with Gasteiger partial charge in [-0.25, -0.2) is 0 Å². The van der Waals surface area contributed by atoms with E-state index in [0.717, 1.165) is 0 Å². The van der Waals surface area contributed by atoms with Crippen molar-refractivity contribution in [2.24, 2.45) is 0 Å². The van der Waals surface area contributed by atoms with Gasteiger partial charge >= 0.3 is 6.36 Å². The number of alkyl halides is 3. The SMILES string of the molecule is O=c1ccn(CCOC(F)(F)F)cc1. The minimum atomic E-state index is -4.60. The van der Waals surface area contributed by atoms with E-state index in [1.165, 1.54) is 29.1 Å². The molecule has 14 heavy (non-hydrogen) atoms. The van der Waals surface area contributed by atoms with Gasteiger partial charge in [-0.3, -0.25) is 9.53 Å². The van der Waals surface area contributed by atoms with E-state index in [2.05, 4.69) is 4.74 Å². The van der Waals surface area contributed by atoms with Crippen LogP contribution < -0.4 is 5.43 Å². The Bertz CT molecular complexity index is 325. The summed E-state index contributed by atoms with van der Waals surface area (Å²) in [5.41, 5.74) is -0.182. The first kappa shape index (κ1) is 10.8. The summed E-state index contributed by atoms with van der Waals surface area (Å²) in [6.45, 7) is -0.411. The zero-order valence-corrected chi connectivity index (χ0v) is 7.12.